The van der Waals surface area contributed by atoms with Crippen LogP contribution < -0.4 is 24.8 Å². The molecule has 2 aromatic rings. The van der Waals surface area contributed by atoms with Crippen molar-refractivity contribution in [2.75, 3.05) is 39.0 Å². The van der Waals surface area contributed by atoms with Crippen molar-refractivity contribution in [3.63, 3.8) is 0 Å². The number of nitrogens with zero attached hydrogens (tertiary/aromatic N) is 1. The molecule has 0 saturated carbocycles. The zero-order valence-electron chi connectivity index (χ0n) is 22.2. The number of amides is 1. The van der Waals surface area contributed by atoms with Crippen molar-refractivity contribution in [1.29, 1.82) is 0 Å². The predicted molar refractivity (Wildman–Crippen MR) is 146 cm³/mol. The number of benzene rings is 2. The summed E-state index contributed by atoms with van der Waals surface area (Å²) >= 11 is 1.24. The van der Waals surface area contributed by atoms with Crippen LogP contribution >= 0.6 is 11.8 Å². The van der Waals surface area contributed by atoms with Crippen molar-refractivity contribution in [2.45, 2.75) is 33.7 Å². The number of methoxy groups -OCH3 is 3. The van der Waals surface area contributed by atoms with Crippen LogP contribution in [0.15, 0.2) is 46.6 Å². The number of hydrogen-bond acceptors (Lipinski definition) is 9. The number of allylic oxidation sites excluding steroid dienone is 1. The van der Waals surface area contributed by atoms with E-state index in [9.17, 15) is 9.59 Å². The minimum Gasteiger partial charge on any atom is -0.493 e. The first-order chi connectivity index (χ1) is 17.7. The van der Waals surface area contributed by atoms with Crippen LogP contribution in [0.4, 0.5) is 5.69 Å². The maximum atomic E-state index is 12.9. The van der Waals surface area contributed by atoms with Gasteiger partial charge in [-0.15, -0.1) is 0 Å². The van der Waals surface area contributed by atoms with Gasteiger partial charge in [0, 0.05) is 11.4 Å². The molecule has 37 heavy (non-hydrogen) atoms. The highest BCUT2D eigenvalue weighted by Crippen LogP contribution is 2.43. The van der Waals surface area contributed by atoms with Gasteiger partial charge in [0.1, 0.15) is 6.04 Å². The van der Waals surface area contributed by atoms with E-state index in [-0.39, 0.29) is 18.3 Å². The predicted octanol–water partition coefficient (Wildman–Crippen LogP) is 4.54. The van der Waals surface area contributed by atoms with Crippen LogP contribution in [-0.4, -0.2) is 50.7 Å². The second-order valence-corrected chi connectivity index (χ2v) is 9.28. The first kappa shape index (κ1) is 27.9. The monoisotopic (exact) mass is 527 g/mol. The van der Waals surface area contributed by atoms with E-state index in [0.717, 1.165) is 16.8 Å². The van der Waals surface area contributed by atoms with Gasteiger partial charge in [0.25, 0.3) is 0 Å². The number of rotatable bonds is 9. The van der Waals surface area contributed by atoms with E-state index >= 15 is 0 Å². The van der Waals surface area contributed by atoms with Gasteiger partial charge in [-0.25, -0.2) is 9.79 Å². The Bertz CT molecular complexity index is 1220. The minimum atomic E-state index is -0.709. The number of nitrogens with one attached hydrogen (secondary N) is 2. The van der Waals surface area contributed by atoms with Crippen molar-refractivity contribution in [1.82, 2.24) is 5.32 Å². The third-order valence-corrected chi connectivity index (χ3v) is 6.73. The topological polar surface area (TPSA) is 107 Å². The first-order valence-electron chi connectivity index (χ1n) is 11.7. The van der Waals surface area contributed by atoms with Crippen molar-refractivity contribution in [3.8, 4) is 17.2 Å². The second-order valence-electron chi connectivity index (χ2n) is 8.32. The van der Waals surface area contributed by atoms with Gasteiger partial charge < -0.3 is 29.6 Å². The molecule has 0 fully saturated rings. The third-order valence-electron chi connectivity index (χ3n) is 5.85. The molecule has 1 aliphatic heterocycles. The smallest absolute Gasteiger partial charge is 0.338 e. The van der Waals surface area contributed by atoms with Crippen LogP contribution in [0.25, 0.3) is 0 Å². The number of ether oxygens (including phenoxy) is 4. The zero-order chi connectivity index (χ0) is 27.1. The Morgan fingerprint density at radius 1 is 1.00 bits per heavy atom. The van der Waals surface area contributed by atoms with Crippen molar-refractivity contribution in [2.24, 2.45) is 4.99 Å². The summed E-state index contributed by atoms with van der Waals surface area (Å²) in [6.45, 7) is 7.77. The minimum absolute atomic E-state index is 0.128. The lowest BCUT2D eigenvalue weighted by Crippen LogP contribution is -2.31. The molecule has 9 nitrogen and oxygen atoms in total. The number of amidine groups is 1. The lowest BCUT2D eigenvalue weighted by atomic mass is 9.96. The van der Waals surface area contributed by atoms with E-state index in [4.69, 9.17) is 23.9 Å². The number of anilines is 1. The van der Waals surface area contributed by atoms with Crippen molar-refractivity contribution < 1.29 is 28.5 Å². The molecule has 1 amide bonds. The Labute approximate surface area is 221 Å². The average Bonchev–Trinajstić information content (AvgIpc) is 2.88. The molecule has 2 aromatic carbocycles. The van der Waals surface area contributed by atoms with E-state index in [0.29, 0.717) is 39.2 Å². The Morgan fingerprint density at radius 3 is 2.24 bits per heavy atom. The molecule has 0 radical (unpaired) electrons. The van der Waals surface area contributed by atoms with Crippen LogP contribution in [0.1, 0.15) is 36.6 Å². The Morgan fingerprint density at radius 2 is 1.68 bits per heavy atom. The van der Waals surface area contributed by atoms with Gasteiger partial charge in [-0.05, 0) is 68.7 Å². The lowest BCUT2D eigenvalue weighted by molar-refractivity contribution is -0.139. The van der Waals surface area contributed by atoms with Crippen LogP contribution in [0, 0.1) is 13.8 Å². The molecule has 1 heterocycles. The van der Waals surface area contributed by atoms with Crippen LogP contribution in [0.2, 0.25) is 0 Å². The summed E-state index contributed by atoms with van der Waals surface area (Å²) in [5.74, 6) is 0.791. The Hall–Kier alpha value is -3.66. The van der Waals surface area contributed by atoms with Crippen molar-refractivity contribution >= 4 is 34.5 Å². The van der Waals surface area contributed by atoms with E-state index in [1.54, 1.807) is 26.0 Å². The molecule has 10 heteroatoms. The molecule has 2 N–H and O–H groups in total. The number of carbonyl (C=O) groups excluding carboxylic acids is 2. The van der Waals surface area contributed by atoms with E-state index in [1.165, 1.54) is 33.1 Å². The molecule has 1 aliphatic rings. The summed E-state index contributed by atoms with van der Waals surface area (Å²) < 4.78 is 21.7. The third kappa shape index (κ3) is 6.56. The number of hydrogen-bond donors (Lipinski definition) is 2. The molecule has 0 spiro atoms. The molecule has 0 saturated heterocycles. The maximum Gasteiger partial charge on any atom is 0.338 e. The quantitative estimate of drug-likeness (QED) is 0.458. The number of carbonyl (C=O) groups is 2. The van der Waals surface area contributed by atoms with Crippen LogP contribution in [0.3, 0.4) is 0 Å². The van der Waals surface area contributed by atoms with E-state index in [2.05, 4.69) is 10.6 Å². The van der Waals surface area contributed by atoms with Crippen LogP contribution in [-0.2, 0) is 14.3 Å². The van der Waals surface area contributed by atoms with Crippen molar-refractivity contribution in [3.05, 3.63) is 58.3 Å². The largest absolute Gasteiger partial charge is 0.493 e. The van der Waals surface area contributed by atoms with Gasteiger partial charge in [0.15, 0.2) is 16.7 Å². The van der Waals surface area contributed by atoms with E-state index < -0.39 is 12.0 Å². The lowest BCUT2D eigenvalue weighted by Gasteiger charge is -2.26. The van der Waals surface area contributed by atoms with E-state index in [1.807, 2.05) is 32.0 Å². The molecule has 0 aromatic heterocycles. The molecule has 0 aliphatic carbocycles. The van der Waals surface area contributed by atoms with Gasteiger partial charge in [-0.2, -0.15) is 0 Å². The zero-order valence-corrected chi connectivity index (χ0v) is 23.0. The number of aryl methyl sites for hydroxylation is 2. The molecule has 1 atom stereocenters. The Balaban J connectivity index is 1.90. The summed E-state index contributed by atoms with van der Waals surface area (Å²) in [5.41, 5.74) is 4.60. The van der Waals surface area contributed by atoms with Gasteiger partial charge >= 0.3 is 5.97 Å². The summed E-state index contributed by atoms with van der Waals surface area (Å²) in [6, 6.07) is 8.58. The highest BCUT2D eigenvalue weighted by Gasteiger charge is 2.32. The fourth-order valence-corrected chi connectivity index (χ4v) is 4.59. The average molecular weight is 528 g/mol. The second kappa shape index (κ2) is 12.5. The summed E-state index contributed by atoms with van der Waals surface area (Å²) in [7, 11) is 4.57. The summed E-state index contributed by atoms with van der Waals surface area (Å²) in [4.78, 5) is 30.3. The fraction of sp³-hybridized carbons (Fsp3) is 0.370. The highest BCUT2D eigenvalue weighted by molar-refractivity contribution is 8.14. The first-order valence-corrected chi connectivity index (χ1v) is 12.7. The normalized spacial score (nSPS) is 14.9. The van der Waals surface area contributed by atoms with Gasteiger partial charge in [-0.1, -0.05) is 17.8 Å². The molecule has 0 bridgehead atoms. The number of thioether (sulfide) groups is 1. The Kier molecular flexibility index (Phi) is 9.46. The maximum absolute atomic E-state index is 12.9. The molecular weight excluding hydrogens is 494 g/mol. The molecular formula is C27H33N3O6S. The van der Waals surface area contributed by atoms with Gasteiger partial charge in [0.05, 0.1) is 39.3 Å². The SMILES string of the molecule is CCOC(=O)C1=C(C)NC(SCC(=O)Nc2ccc(C)c(C)c2)=N[C@H]1c1cc(OC)c(OC)c(OC)c1. The molecule has 3 rings (SSSR count). The molecule has 0 unspecified atom stereocenters. The number of esters is 1. The summed E-state index contributed by atoms with van der Waals surface area (Å²) in [6.07, 6.45) is 0. The summed E-state index contributed by atoms with van der Waals surface area (Å²) in [5, 5.41) is 6.56. The standard InChI is InChI=1S/C27H33N3O6S/c1-8-36-26(32)23-17(4)28-27(37-14-22(31)29-19-10-9-15(2)16(3)11-19)30-24(23)18-12-20(33-5)25(35-7)21(13-18)34-6/h9-13,24H,8,14H2,1-7H3,(H,28,30)(H,29,31)/t24-/m0/s1. The fourth-order valence-electron chi connectivity index (χ4n) is 3.84. The number of aliphatic imine (C=N–C) groups is 1. The van der Waals surface area contributed by atoms with Gasteiger partial charge in [-0.3, -0.25) is 4.79 Å². The molecule has 198 valence electrons. The van der Waals surface area contributed by atoms with Gasteiger partial charge in [0.2, 0.25) is 11.7 Å². The van der Waals surface area contributed by atoms with Crippen LogP contribution in [0.5, 0.6) is 17.2 Å². The highest BCUT2D eigenvalue weighted by atomic mass is 32.2.